The van der Waals surface area contributed by atoms with Gasteiger partial charge in [0, 0.05) is 20.1 Å². The van der Waals surface area contributed by atoms with Crippen molar-refractivity contribution < 1.29 is 19.4 Å². The Labute approximate surface area is 89.9 Å². The third-order valence-electron chi connectivity index (χ3n) is 2.87. The van der Waals surface area contributed by atoms with Crippen molar-refractivity contribution in [2.45, 2.75) is 25.6 Å². The summed E-state index contributed by atoms with van der Waals surface area (Å²) in [6.45, 7) is 0. The van der Waals surface area contributed by atoms with E-state index >= 15 is 0 Å². The van der Waals surface area contributed by atoms with E-state index in [1.54, 1.807) is 14.2 Å². The van der Waals surface area contributed by atoms with Crippen LogP contribution in [-0.2, 0) is 14.3 Å². The van der Waals surface area contributed by atoms with Crippen molar-refractivity contribution in [3.8, 4) is 0 Å². The Hall–Kier alpha value is -0.870. The Morgan fingerprint density at radius 3 is 2.60 bits per heavy atom. The molecule has 0 aromatic carbocycles. The van der Waals surface area contributed by atoms with E-state index in [-0.39, 0.29) is 11.8 Å². The fourth-order valence-corrected chi connectivity index (χ4v) is 2.08. The summed E-state index contributed by atoms with van der Waals surface area (Å²) < 4.78 is 10.3. The van der Waals surface area contributed by atoms with Gasteiger partial charge in [-0.15, -0.1) is 0 Å². The molecule has 0 fully saturated rings. The van der Waals surface area contributed by atoms with Crippen molar-refractivity contribution in [1.82, 2.24) is 0 Å². The van der Waals surface area contributed by atoms with E-state index in [2.05, 4.69) is 0 Å². The fourth-order valence-electron chi connectivity index (χ4n) is 2.08. The topological polar surface area (TPSA) is 55.8 Å². The van der Waals surface area contributed by atoms with Crippen molar-refractivity contribution in [2.75, 3.05) is 14.2 Å². The number of aliphatic carboxylic acids is 1. The van der Waals surface area contributed by atoms with Crippen molar-refractivity contribution >= 4 is 5.97 Å². The minimum Gasteiger partial charge on any atom is -0.481 e. The molecule has 0 amide bonds. The molecule has 4 heteroatoms. The van der Waals surface area contributed by atoms with Gasteiger partial charge in [0.25, 0.3) is 0 Å². The summed E-state index contributed by atoms with van der Waals surface area (Å²) in [4.78, 5) is 11.1. The number of hydrogen-bond acceptors (Lipinski definition) is 3. The van der Waals surface area contributed by atoms with Gasteiger partial charge >= 0.3 is 5.97 Å². The first-order valence-electron chi connectivity index (χ1n) is 5.14. The van der Waals surface area contributed by atoms with Crippen LogP contribution in [0.3, 0.4) is 0 Å². The predicted octanol–water partition coefficient (Wildman–Crippen LogP) is 1.66. The highest BCUT2D eigenvalue weighted by molar-refractivity contribution is 5.70. The van der Waals surface area contributed by atoms with Gasteiger partial charge in [-0.25, -0.2) is 0 Å². The number of methoxy groups -OCH3 is 2. The first kappa shape index (κ1) is 12.2. The Bertz CT molecular complexity index is 233. The lowest BCUT2D eigenvalue weighted by atomic mass is 9.87. The number of allylic oxidation sites excluding steroid dienone is 2. The molecular weight excluding hydrogens is 196 g/mol. The minimum atomic E-state index is -0.761. The lowest BCUT2D eigenvalue weighted by molar-refractivity contribution is -0.167. The number of hydrogen-bond donors (Lipinski definition) is 1. The third-order valence-corrected chi connectivity index (χ3v) is 2.87. The van der Waals surface area contributed by atoms with Crippen LogP contribution in [0.25, 0.3) is 0 Å². The van der Waals surface area contributed by atoms with Gasteiger partial charge in [0.2, 0.25) is 0 Å². The quantitative estimate of drug-likeness (QED) is 0.571. The van der Waals surface area contributed by atoms with E-state index in [9.17, 15) is 4.79 Å². The summed E-state index contributed by atoms with van der Waals surface area (Å²) in [7, 11) is 3.09. The fraction of sp³-hybridized carbons (Fsp3) is 0.727. The first-order valence-corrected chi connectivity index (χ1v) is 5.14. The van der Waals surface area contributed by atoms with Gasteiger partial charge in [-0.2, -0.15) is 0 Å². The number of carboxylic acid groups (broad SMARTS) is 1. The number of ether oxygens (including phenoxy) is 2. The summed E-state index contributed by atoms with van der Waals surface area (Å²) in [5, 5.41) is 9.13. The normalized spacial score (nSPS) is 26.6. The van der Waals surface area contributed by atoms with Crippen molar-refractivity contribution in [3.63, 3.8) is 0 Å². The number of carboxylic acids is 1. The molecule has 1 aliphatic carbocycles. The van der Waals surface area contributed by atoms with E-state index in [0.29, 0.717) is 12.8 Å². The average Bonchev–Trinajstić information content (AvgIpc) is 2.45. The molecule has 0 spiro atoms. The summed E-state index contributed by atoms with van der Waals surface area (Å²) in [6, 6.07) is 0. The highest BCUT2D eigenvalue weighted by Gasteiger charge is 2.34. The maximum Gasteiger partial charge on any atom is 0.306 e. The summed E-state index contributed by atoms with van der Waals surface area (Å²) >= 11 is 0. The summed E-state index contributed by atoms with van der Waals surface area (Å²) in [6.07, 6.45) is 5.77. The molecule has 0 saturated heterocycles. The lowest BCUT2D eigenvalue weighted by Gasteiger charge is -2.27. The molecule has 4 nitrogen and oxygen atoms in total. The monoisotopic (exact) mass is 214 g/mol. The molecular formula is C11H18O4. The van der Waals surface area contributed by atoms with Gasteiger partial charge in [-0.05, 0) is 19.3 Å². The van der Waals surface area contributed by atoms with E-state index in [1.807, 2.05) is 12.2 Å². The van der Waals surface area contributed by atoms with Crippen molar-refractivity contribution in [2.24, 2.45) is 11.8 Å². The van der Waals surface area contributed by atoms with Crippen LogP contribution in [-0.4, -0.2) is 31.6 Å². The SMILES string of the molecule is COC(OC)C1CC=CCCC1C(=O)O. The van der Waals surface area contributed by atoms with Crippen molar-refractivity contribution in [3.05, 3.63) is 12.2 Å². The second kappa shape index (κ2) is 5.88. The molecule has 0 aliphatic heterocycles. The van der Waals surface area contributed by atoms with E-state index < -0.39 is 12.3 Å². The zero-order valence-electron chi connectivity index (χ0n) is 9.18. The minimum absolute atomic E-state index is 0.101. The third kappa shape index (κ3) is 3.04. The number of rotatable bonds is 4. The van der Waals surface area contributed by atoms with Crippen LogP contribution in [0.4, 0.5) is 0 Å². The van der Waals surface area contributed by atoms with Crippen LogP contribution in [0, 0.1) is 11.8 Å². The Balaban J connectivity index is 2.77. The van der Waals surface area contributed by atoms with Crippen LogP contribution in [0.2, 0.25) is 0 Å². The van der Waals surface area contributed by atoms with E-state index in [4.69, 9.17) is 14.6 Å². The Kier molecular flexibility index (Phi) is 4.78. The standard InChI is InChI=1S/C11H18O4/c1-14-11(15-2)9-7-5-3-4-6-8(9)10(12)13/h3,5,8-9,11H,4,6-7H2,1-2H3,(H,12,13). The summed E-state index contributed by atoms with van der Waals surface area (Å²) in [5.41, 5.74) is 0. The molecule has 0 aromatic rings. The largest absolute Gasteiger partial charge is 0.481 e. The van der Waals surface area contributed by atoms with Gasteiger partial charge in [-0.3, -0.25) is 4.79 Å². The van der Waals surface area contributed by atoms with Crippen LogP contribution in [0.5, 0.6) is 0 Å². The van der Waals surface area contributed by atoms with Crippen LogP contribution in [0.15, 0.2) is 12.2 Å². The smallest absolute Gasteiger partial charge is 0.306 e. The second-order valence-corrected chi connectivity index (χ2v) is 3.73. The van der Waals surface area contributed by atoms with Crippen LogP contribution in [0.1, 0.15) is 19.3 Å². The molecule has 0 radical (unpaired) electrons. The highest BCUT2D eigenvalue weighted by Crippen LogP contribution is 2.29. The Morgan fingerprint density at radius 2 is 2.07 bits per heavy atom. The lowest BCUT2D eigenvalue weighted by Crippen LogP contribution is -2.34. The van der Waals surface area contributed by atoms with Gasteiger partial charge in [0.05, 0.1) is 5.92 Å². The van der Waals surface area contributed by atoms with Gasteiger partial charge in [-0.1, -0.05) is 12.2 Å². The molecule has 15 heavy (non-hydrogen) atoms. The van der Waals surface area contributed by atoms with Gasteiger partial charge in [0.15, 0.2) is 6.29 Å². The molecule has 0 heterocycles. The number of carbonyl (C=O) groups is 1. The predicted molar refractivity (Wildman–Crippen MR) is 55.4 cm³/mol. The van der Waals surface area contributed by atoms with Gasteiger partial charge < -0.3 is 14.6 Å². The Morgan fingerprint density at radius 1 is 1.40 bits per heavy atom. The molecule has 86 valence electrons. The summed E-state index contributed by atoms with van der Waals surface area (Å²) in [5.74, 6) is -1.25. The molecule has 0 saturated carbocycles. The molecule has 2 unspecified atom stereocenters. The maximum absolute atomic E-state index is 11.1. The van der Waals surface area contributed by atoms with Crippen LogP contribution < -0.4 is 0 Å². The molecule has 0 aromatic heterocycles. The van der Waals surface area contributed by atoms with Crippen LogP contribution >= 0.6 is 0 Å². The van der Waals surface area contributed by atoms with E-state index in [0.717, 1.165) is 6.42 Å². The van der Waals surface area contributed by atoms with Crippen molar-refractivity contribution in [1.29, 1.82) is 0 Å². The second-order valence-electron chi connectivity index (χ2n) is 3.73. The molecule has 2 atom stereocenters. The molecule has 1 rings (SSSR count). The zero-order chi connectivity index (χ0) is 11.3. The van der Waals surface area contributed by atoms with Gasteiger partial charge in [0.1, 0.15) is 0 Å². The zero-order valence-corrected chi connectivity index (χ0v) is 9.18. The maximum atomic E-state index is 11.1. The molecule has 1 N–H and O–H groups in total. The average molecular weight is 214 g/mol. The first-order chi connectivity index (χ1) is 7.20. The van der Waals surface area contributed by atoms with E-state index in [1.165, 1.54) is 0 Å². The molecule has 1 aliphatic rings. The molecule has 0 bridgehead atoms. The highest BCUT2D eigenvalue weighted by atomic mass is 16.7.